The molecule has 1 heteroatoms. The van der Waals surface area contributed by atoms with Gasteiger partial charge in [-0.05, 0) is 24.3 Å². The van der Waals surface area contributed by atoms with Gasteiger partial charge in [-0.25, -0.2) is 0 Å². The van der Waals surface area contributed by atoms with Gasteiger partial charge in [0.15, 0.2) is 0 Å². The van der Waals surface area contributed by atoms with E-state index in [0.29, 0.717) is 6.04 Å². The molecule has 14 heavy (non-hydrogen) atoms. The third-order valence-electron chi connectivity index (χ3n) is 2.69. The Morgan fingerprint density at radius 3 is 2.93 bits per heavy atom. The van der Waals surface area contributed by atoms with Crippen LogP contribution in [-0.4, -0.2) is 6.04 Å². The molecule has 0 bridgehead atoms. The van der Waals surface area contributed by atoms with Crippen LogP contribution < -0.4 is 4.90 Å². The van der Waals surface area contributed by atoms with Crippen LogP contribution in [0.3, 0.4) is 0 Å². The largest absolute Gasteiger partial charge is 0.341 e. The summed E-state index contributed by atoms with van der Waals surface area (Å²) in [5.74, 6) is 0. The molecule has 0 radical (unpaired) electrons. The molecule has 0 aromatic heterocycles. The Bertz CT molecular complexity index is 365. The molecular weight excluding hydrogens is 170 g/mol. The fraction of sp³-hybridized carbons (Fsp3) is 0.231. The molecule has 0 saturated heterocycles. The van der Waals surface area contributed by atoms with Crippen molar-refractivity contribution in [3.63, 3.8) is 0 Å². The number of para-hydroxylation sites is 1. The Balaban J connectivity index is 2.46. The van der Waals surface area contributed by atoms with E-state index in [1.54, 1.807) is 0 Å². The molecule has 0 aliphatic carbocycles. The SMILES string of the molecule is C=CN1c2ccccc2C=CC1CC. The van der Waals surface area contributed by atoms with Crippen molar-refractivity contribution in [3.05, 3.63) is 48.7 Å². The molecule has 0 spiro atoms. The Hall–Kier alpha value is -1.50. The summed E-state index contributed by atoms with van der Waals surface area (Å²) in [6, 6.07) is 8.87. The third-order valence-corrected chi connectivity index (χ3v) is 2.69. The zero-order chi connectivity index (χ0) is 9.97. The molecule has 0 saturated carbocycles. The van der Waals surface area contributed by atoms with Crippen molar-refractivity contribution in [2.45, 2.75) is 19.4 Å². The molecule has 1 aromatic carbocycles. The molecule has 1 atom stereocenters. The zero-order valence-corrected chi connectivity index (χ0v) is 8.48. The summed E-state index contributed by atoms with van der Waals surface area (Å²) >= 11 is 0. The van der Waals surface area contributed by atoms with E-state index in [9.17, 15) is 0 Å². The number of anilines is 1. The first-order valence-corrected chi connectivity index (χ1v) is 5.05. The lowest BCUT2D eigenvalue weighted by molar-refractivity contribution is 0.742. The summed E-state index contributed by atoms with van der Waals surface area (Å²) in [7, 11) is 0. The van der Waals surface area contributed by atoms with Gasteiger partial charge in [-0.2, -0.15) is 0 Å². The van der Waals surface area contributed by atoms with Crippen LogP contribution in [0.1, 0.15) is 18.9 Å². The summed E-state index contributed by atoms with van der Waals surface area (Å²) in [6.07, 6.45) is 7.46. The molecule has 1 heterocycles. The van der Waals surface area contributed by atoms with Gasteiger partial charge in [0, 0.05) is 5.69 Å². The van der Waals surface area contributed by atoms with Crippen molar-refractivity contribution in [1.29, 1.82) is 0 Å². The van der Waals surface area contributed by atoms with Crippen molar-refractivity contribution in [1.82, 2.24) is 0 Å². The molecule has 1 nitrogen and oxygen atoms in total. The predicted octanol–water partition coefficient (Wildman–Crippen LogP) is 3.44. The van der Waals surface area contributed by atoms with Crippen molar-refractivity contribution in [2.75, 3.05) is 4.90 Å². The van der Waals surface area contributed by atoms with Crippen LogP contribution in [0, 0.1) is 0 Å². The van der Waals surface area contributed by atoms with E-state index < -0.39 is 0 Å². The molecule has 1 aliphatic heterocycles. The van der Waals surface area contributed by atoms with Crippen LogP contribution in [0.15, 0.2) is 43.1 Å². The molecule has 72 valence electrons. The second kappa shape index (κ2) is 3.70. The topological polar surface area (TPSA) is 3.24 Å². The Morgan fingerprint density at radius 2 is 2.21 bits per heavy atom. The highest BCUT2D eigenvalue weighted by atomic mass is 15.1. The van der Waals surface area contributed by atoms with Crippen LogP contribution in [0.25, 0.3) is 6.08 Å². The summed E-state index contributed by atoms with van der Waals surface area (Å²) in [5, 5.41) is 0. The molecule has 1 unspecified atom stereocenters. The number of nitrogens with zero attached hydrogens (tertiary/aromatic N) is 1. The van der Waals surface area contributed by atoms with Gasteiger partial charge in [-0.15, -0.1) is 0 Å². The van der Waals surface area contributed by atoms with E-state index >= 15 is 0 Å². The molecule has 2 rings (SSSR count). The van der Waals surface area contributed by atoms with E-state index in [2.05, 4.69) is 54.8 Å². The lowest BCUT2D eigenvalue weighted by atomic mass is 10.0. The lowest BCUT2D eigenvalue weighted by Crippen LogP contribution is -2.30. The monoisotopic (exact) mass is 185 g/mol. The quantitative estimate of drug-likeness (QED) is 0.682. The van der Waals surface area contributed by atoms with E-state index in [1.165, 1.54) is 11.3 Å². The minimum Gasteiger partial charge on any atom is -0.341 e. The minimum atomic E-state index is 0.461. The summed E-state index contributed by atoms with van der Waals surface area (Å²) in [5.41, 5.74) is 2.54. The Kier molecular flexibility index (Phi) is 2.40. The maximum atomic E-state index is 3.87. The molecule has 0 amide bonds. The Morgan fingerprint density at radius 1 is 1.43 bits per heavy atom. The maximum Gasteiger partial charge on any atom is 0.0517 e. The first kappa shape index (κ1) is 9.07. The number of fused-ring (bicyclic) bond motifs is 1. The second-order valence-electron chi connectivity index (χ2n) is 3.48. The van der Waals surface area contributed by atoms with Crippen molar-refractivity contribution < 1.29 is 0 Å². The smallest absolute Gasteiger partial charge is 0.0517 e. The van der Waals surface area contributed by atoms with E-state index in [0.717, 1.165) is 6.42 Å². The molecule has 0 fully saturated rings. The predicted molar refractivity (Wildman–Crippen MR) is 62.2 cm³/mol. The van der Waals surface area contributed by atoms with Crippen molar-refractivity contribution in [2.24, 2.45) is 0 Å². The van der Waals surface area contributed by atoms with Crippen molar-refractivity contribution in [3.8, 4) is 0 Å². The first-order chi connectivity index (χ1) is 6.86. The van der Waals surface area contributed by atoms with E-state index in [-0.39, 0.29) is 0 Å². The van der Waals surface area contributed by atoms with Crippen LogP contribution in [0.5, 0.6) is 0 Å². The highest BCUT2D eigenvalue weighted by Gasteiger charge is 2.17. The fourth-order valence-electron chi connectivity index (χ4n) is 1.92. The Labute approximate surface area is 85.4 Å². The maximum absolute atomic E-state index is 3.87. The van der Waals surface area contributed by atoms with Gasteiger partial charge in [-0.1, -0.05) is 43.9 Å². The number of hydrogen-bond donors (Lipinski definition) is 0. The van der Waals surface area contributed by atoms with E-state index in [4.69, 9.17) is 0 Å². The van der Waals surface area contributed by atoms with Gasteiger partial charge in [-0.3, -0.25) is 0 Å². The highest BCUT2D eigenvalue weighted by Crippen LogP contribution is 2.29. The average molecular weight is 185 g/mol. The van der Waals surface area contributed by atoms with Gasteiger partial charge in [0.1, 0.15) is 0 Å². The second-order valence-corrected chi connectivity index (χ2v) is 3.48. The van der Waals surface area contributed by atoms with Gasteiger partial charge in [0.05, 0.1) is 6.04 Å². The van der Waals surface area contributed by atoms with Gasteiger partial charge >= 0.3 is 0 Å². The number of rotatable bonds is 2. The van der Waals surface area contributed by atoms with Gasteiger partial charge in [0.2, 0.25) is 0 Å². The standard InChI is InChI=1S/C13H15N/c1-3-12-10-9-11-7-5-6-8-13(11)14(12)4-2/h4-10,12H,2-3H2,1H3. The minimum absolute atomic E-state index is 0.461. The zero-order valence-electron chi connectivity index (χ0n) is 8.48. The average Bonchev–Trinajstić information content (AvgIpc) is 2.27. The molecular formula is C13H15N. The van der Waals surface area contributed by atoms with E-state index in [1.807, 2.05) is 6.20 Å². The van der Waals surface area contributed by atoms with Gasteiger partial charge in [0.25, 0.3) is 0 Å². The summed E-state index contributed by atoms with van der Waals surface area (Å²) in [6.45, 7) is 6.07. The van der Waals surface area contributed by atoms with Crippen LogP contribution in [0.4, 0.5) is 5.69 Å². The first-order valence-electron chi connectivity index (χ1n) is 5.05. The number of hydrogen-bond acceptors (Lipinski definition) is 1. The van der Waals surface area contributed by atoms with Crippen LogP contribution in [0.2, 0.25) is 0 Å². The van der Waals surface area contributed by atoms with Crippen molar-refractivity contribution >= 4 is 11.8 Å². The third kappa shape index (κ3) is 1.35. The highest BCUT2D eigenvalue weighted by molar-refractivity contribution is 5.73. The summed E-state index contributed by atoms with van der Waals surface area (Å²) in [4.78, 5) is 2.23. The lowest BCUT2D eigenvalue weighted by Gasteiger charge is -2.32. The number of benzene rings is 1. The van der Waals surface area contributed by atoms with Crippen LogP contribution in [-0.2, 0) is 0 Å². The van der Waals surface area contributed by atoms with Gasteiger partial charge < -0.3 is 4.90 Å². The fourth-order valence-corrected chi connectivity index (χ4v) is 1.92. The molecule has 1 aromatic rings. The molecule has 0 N–H and O–H groups in total. The molecule has 1 aliphatic rings. The normalized spacial score (nSPS) is 19.2. The summed E-state index contributed by atoms with van der Waals surface area (Å²) < 4.78 is 0. The van der Waals surface area contributed by atoms with Crippen LogP contribution >= 0.6 is 0 Å².